The number of sulfonamides is 1. The van der Waals surface area contributed by atoms with Crippen LogP contribution in [0.2, 0.25) is 0 Å². The van der Waals surface area contributed by atoms with Crippen LogP contribution in [0.15, 0.2) is 42.5 Å². The van der Waals surface area contributed by atoms with Crippen molar-refractivity contribution in [1.29, 1.82) is 0 Å². The van der Waals surface area contributed by atoms with E-state index < -0.39 is 34.1 Å². The highest BCUT2D eigenvalue weighted by Gasteiger charge is 2.33. The Hall–Kier alpha value is -3.47. The zero-order chi connectivity index (χ0) is 28.7. The molecule has 210 valence electrons. The predicted octanol–water partition coefficient (Wildman–Crippen LogP) is 3.20. The number of ether oxygens (including phenoxy) is 3. The summed E-state index contributed by atoms with van der Waals surface area (Å²) in [6, 6.07) is 10.9. The minimum atomic E-state index is -3.88. The largest absolute Gasteiger partial charge is 0.497 e. The minimum absolute atomic E-state index is 0.0996. The van der Waals surface area contributed by atoms with Crippen LogP contribution < -0.4 is 23.8 Å². The summed E-state index contributed by atoms with van der Waals surface area (Å²) in [5, 5.41) is 2.94. The maximum Gasteiger partial charge on any atom is 0.244 e. The molecular weight excluding hydrogens is 510 g/mol. The molecule has 0 radical (unpaired) electrons. The Balaban J connectivity index is 2.50. The van der Waals surface area contributed by atoms with Crippen LogP contribution >= 0.6 is 0 Å². The van der Waals surface area contributed by atoms with Crippen LogP contribution in [0, 0.1) is 0 Å². The van der Waals surface area contributed by atoms with E-state index in [1.165, 1.54) is 31.3 Å². The summed E-state index contributed by atoms with van der Waals surface area (Å²) in [5.74, 6) is 0.538. The molecule has 10 nitrogen and oxygen atoms in total. The first-order valence-electron chi connectivity index (χ1n) is 12.2. The zero-order valence-corrected chi connectivity index (χ0v) is 24.2. The van der Waals surface area contributed by atoms with E-state index >= 15 is 0 Å². The van der Waals surface area contributed by atoms with Crippen LogP contribution in [0.1, 0.15) is 39.7 Å². The Bertz CT molecular complexity index is 1210. The number of carbonyl (C=O) groups is 2. The standard InChI is InChI=1S/C27H39N3O7S/c1-9-22(26(32)28-27(2,3)4)29(17-19-10-13-21(35-5)14-11-19)25(31)18-30(38(8,33)34)20-12-15-23(36-6)24(16-20)37-7/h10-16,22H,9,17-18H2,1-8H3,(H,28,32). The van der Waals surface area contributed by atoms with Gasteiger partial charge in [-0.2, -0.15) is 0 Å². The summed E-state index contributed by atoms with van der Waals surface area (Å²) in [5.41, 5.74) is 0.478. The highest BCUT2D eigenvalue weighted by atomic mass is 32.2. The maximum absolute atomic E-state index is 13.8. The summed E-state index contributed by atoms with van der Waals surface area (Å²) >= 11 is 0. The van der Waals surface area contributed by atoms with E-state index in [1.54, 1.807) is 37.4 Å². The number of rotatable bonds is 12. The first kappa shape index (κ1) is 30.8. The van der Waals surface area contributed by atoms with Gasteiger partial charge >= 0.3 is 0 Å². The van der Waals surface area contributed by atoms with Crippen molar-refractivity contribution in [1.82, 2.24) is 10.2 Å². The third kappa shape index (κ3) is 8.27. The van der Waals surface area contributed by atoms with Crippen molar-refractivity contribution in [3.8, 4) is 17.2 Å². The molecule has 0 saturated heterocycles. The lowest BCUT2D eigenvalue weighted by Crippen LogP contribution is -2.55. The summed E-state index contributed by atoms with van der Waals surface area (Å²) < 4.78 is 42.4. The van der Waals surface area contributed by atoms with Crippen LogP contribution in [0.5, 0.6) is 17.2 Å². The summed E-state index contributed by atoms with van der Waals surface area (Å²) in [6.07, 6.45) is 1.35. The molecule has 11 heteroatoms. The van der Waals surface area contributed by atoms with Gasteiger partial charge in [0.25, 0.3) is 0 Å². The maximum atomic E-state index is 13.8. The molecule has 0 bridgehead atoms. The molecule has 0 saturated carbocycles. The van der Waals surface area contributed by atoms with E-state index in [9.17, 15) is 18.0 Å². The van der Waals surface area contributed by atoms with Crippen molar-refractivity contribution < 1.29 is 32.2 Å². The normalized spacial score (nSPS) is 12.3. The van der Waals surface area contributed by atoms with Crippen LogP contribution in [0.4, 0.5) is 5.69 Å². The number of amides is 2. The first-order valence-corrected chi connectivity index (χ1v) is 14.0. The van der Waals surface area contributed by atoms with Crippen molar-refractivity contribution in [3.63, 3.8) is 0 Å². The smallest absolute Gasteiger partial charge is 0.244 e. The fraction of sp³-hybridized carbons (Fsp3) is 0.481. The molecule has 0 aromatic heterocycles. The molecular formula is C27H39N3O7S. The van der Waals surface area contributed by atoms with Crippen LogP contribution in [-0.2, 0) is 26.2 Å². The summed E-state index contributed by atoms with van der Waals surface area (Å²) in [7, 11) is 0.587. The van der Waals surface area contributed by atoms with Crippen molar-refractivity contribution in [2.24, 2.45) is 0 Å². The number of hydrogen-bond donors (Lipinski definition) is 1. The molecule has 2 aromatic rings. The number of methoxy groups -OCH3 is 3. The number of anilines is 1. The lowest BCUT2D eigenvalue weighted by Gasteiger charge is -2.34. The molecule has 1 atom stereocenters. The minimum Gasteiger partial charge on any atom is -0.497 e. The Morgan fingerprint density at radius 3 is 2.03 bits per heavy atom. The molecule has 0 fully saturated rings. The number of nitrogens with one attached hydrogen (secondary N) is 1. The second-order valence-corrected chi connectivity index (χ2v) is 11.7. The topological polar surface area (TPSA) is 114 Å². The number of benzene rings is 2. The summed E-state index contributed by atoms with van der Waals surface area (Å²) in [6.45, 7) is 6.97. The molecule has 2 amide bonds. The van der Waals surface area contributed by atoms with Crippen molar-refractivity contribution >= 4 is 27.5 Å². The molecule has 0 aliphatic carbocycles. The number of hydrogen-bond acceptors (Lipinski definition) is 7. The Kier molecular flexibility index (Phi) is 10.4. The lowest BCUT2D eigenvalue weighted by atomic mass is 10.1. The van der Waals surface area contributed by atoms with Gasteiger partial charge in [-0.3, -0.25) is 13.9 Å². The van der Waals surface area contributed by atoms with E-state index in [0.29, 0.717) is 23.7 Å². The molecule has 1 unspecified atom stereocenters. The SMILES string of the molecule is CCC(C(=O)NC(C)(C)C)N(Cc1ccc(OC)cc1)C(=O)CN(c1ccc(OC)c(OC)c1)S(C)(=O)=O. The van der Waals surface area contributed by atoms with Gasteiger partial charge < -0.3 is 24.4 Å². The molecule has 0 spiro atoms. The molecule has 0 aliphatic heterocycles. The van der Waals surface area contributed by atoms with Crippen molar-refractivity contribution in [2.45, 2.75) is 52.2 Å². The van der Waals surface area contributed by atoms with Crippen LogP contribution in [0.25, 0.3) is 0 Å². The van der Waals surface area contributed by atoms with Crippen molar-refractivity contribution in [3.05, 3.63) is 48.0 Å². The van der Waals surface area contributed by atoms with Gasteiger partial charge in [0.15, 0.2) is 11.5 Å². The van der Waals surface area contributed by atoms with Gasteiger partial charge in [-0.05, 0) is 57.0 Å². The second kappa shape index (κ2) is 12.9. The monoisotopic (exact) mass is 549 g/mol. The van der Waals surface area contributed by atoms with Gasteiger partial charge in [0, 0.05) is 18.2 Å². The van der Waals surface area contributed by atoms with Crippen LogP contribution in [-0.4, -0.2) is 70.8 Å². The Labute approximate surface area is 225 Å². The van der Waals surface area contributed by atoms with Gasteiger partial charge in [0.1, 0.15) is 18.3 Å². The number of carbonyl (C=O) groups excluding carboxylic acids is 2. The van der Waals surface area contributed by atoms with E-state index in [-0.39, 0.29) is 18.1 Å². The van der Waals surface area contributed by atoms with E-state index in [4.69, 9.17) is 14.2 Å². The van der Waals surface area contributed by atoms with Gasteiger partial charge in [-0.15, -0.1) is 0 Å². The molecule has 2 aromatic carbocycles. The third-order valence-corrected chi connectivity index (χ3v) is 6.87. The molecule has 1 N–H and O–H groups in total. The van der Waals surface area contributed by atoms with E-state index in [0.717, 1.165) is 16.1 Å². The van der Waals surface area contributed by atoms with Gasteiger partial charge in [-0.25, -0.2) is 8.42 Å². The van der Waals surface area contributed by atoms with Gasteiger partial charge in [-0.1, -0.05) is 19.1 Å². The van der Waals surface area contributed by atoms with Gasteiger partial charge in [0.2, 0.25) is 21.8 Å². The molecule has 2 rings (SSSR count). The predicted molar refractivity (Wildman–Crippen MR) is 147 cm³/mol. The van der Waals surface area contributed by atoms with E-state index in [1.807, 2.05) is 27.7 Å². The first-order chi connectivity index (χ1) is 17.7. The lowest BCUT2D eigenvalue weighted by molar-refractivity contribution is -0.141. The van der Waals surface area contributed by atoms with Crippen LogP contribution in [0.3, 0.4) is 0 Å². The summed E-state index contributed by atoms with van der Waals surface area (Å²) in [4.78, 5) is 28.5. The molecule has 0 aliphatic rings. The molecule has 38 heavy (non-hydrogen) atoms. The zero-order valence-electron chi connectivity index (χ0n) is 23.4. The fourth-order valence-electron chi connectivity index (χ4n) is 3.89. The third-order valence-electron chi connectivity index (χ3n) is 5.73. The fourth-order valence-corrected chi connectivity index (χ4v) is 4.74. The number of nitrogens with zero attached hydrogens (tertiary/aromatic N) is 2. The Morgan fingerprint density at radius 1 is 0.947 bits per heavy atom. The quantitative estimate of drug-likeness (QED) is 0.432. The van der Waals surface area contributed by atoms with Gasteiger partial charge in [0.05, 0.1) is 33.3 Å². The highest BCUT2D eigenvalue weighted by molar-refractivity contribution is 7.92. The van der Waals surface area contributed by atoms with E-state index in [2.05, 4.69) is 5.32 Å². The molecule has 0 heterocycles. The highest BCUT2D eigenvalue weighted by Crippen LogP contribution is 2.32. The van der Waals surface area contributed by atoms with Crippen molar-refractivity contribution in [2.75, 3.05) is 38.4 Å². The average Bonchev–Trinajstić information content (AvgIpc) is 2.85. The Morgan fingerprint density at radius 2 is 1.55 bits per heavy atom. The second-order valence-electron chi connectivity index (χ2n) is 9.84. The average molecular weight is 550 g/mol.